The van der Waals surface area contributed by atoms with Crippen LogP contribution in [0.15, 0.2) is 18.2 Å². The number of hydrogen-bond donors (Lipinski definition) is 1. The van der Waals surface area contributed by atoms with E-state index in [1.807, 2.05) is 0 Å². The van der Waals surface area contributed by atoms with Crippen molar-refractivity contribution in [1.29, 1.82) is 0 Å². The minimum Gasteiger partial charge on any atom is -0.477 e. The van der Waals surface area contributed by atoms with Gasteiger partial charge in [-0.05, 0) is 25.0 Å². The van der Waals surface area contributed by atoms with Crippen LogP contribution in [0.2, 0.25) is 0 Å². The molecule has 9 heteroatoms. The highest BCUT2D eigenvalue weighted by molar-refractivity contribution is 5.93. The summed E-state index contributed by atoms with van der Waals surface area (Å²) >= 11 is 0. The van der Waals surface area contributed by atoms with Crippen molar-refractivity contribution < 1.29 is 28.0 Å². The first kappa shape index (κ1) is 16.1. The van der Waals surface area contributed by atoms with Gasteiger partial charge in [0.25, 0.3) is 5.69 Å². The van der Waals surface area contributed by atoms with Crippen molar-refractivity contribution in [3.8, 4) is 0 Å². The Labute approximate surface area is 123 Å². The molecule has 1 N–H and O–H groups in total. The molecule has 1 fully saturated rings. The lowest BCUT2D eigenvalue weighted by Gasteiger charge is -2.34. The third kappa shape index (κ3) is 3.29. The molecule has 1 heterocycles. The number of rotatable bonds is 3. The maximum atomic E-state index is 12.6. The Hall–Kier alpha value is -2.32. The minimum atomic E-state index is -4.23. The average Bonchev–Trinajstić information content (AvgIpc) is 2.45. The predicted molar refractivity (Wildman–Crippen MR) is 71.0 cm³/mol. The number of carbonyl (C=O) groups is 1. The van der Waals surface area contributed by atoms with Crippen LogP contribution in [0.25, 0.3) is 0 Å². The monoisotopic (exact) mass is 318 g/mol. The van der Waals surface area contributed by atoms with Gasteiger partial charge >= 0.3 is 12.1 Å². The largest absolute Gasteiger partial charge is 0.477 e. The quantitative estimate of drug-likeness (QED) is 0.684. The van der Waals surface area contributed by atoms with Gasteiger partial charge in [0, 0.05) is 24.8 Å². The number of benzene rings is 1. The standard InChI is InChI=1S/C13H13F3N2O4/c14-13(15,16)8-3-5-17(6-4-8)9-1-2-11(18(21)22)10(7-9)12(19)20/h1-2,7-8H,3-6H2,(H,19,20). The Balaban J connectivity index is 2.19. The lowest BCUT2D eigenvalue weighted by molar-refractivity contribution is -0.385. The van der Waals surface area contributed by atoms with Crippen molar-refractivity contribution in [2.75, 3.05) is 18.0 Å². The molecule has 0 radical (unpaired) electrons. The molecule has 120 valence electrons. The minimum absolute atomic E-state index is 0.0805. The van der Waals surface area contributed by atoms with Gasteiger partial charge in [0.2, 0.25) is 0 Å². The molecular formula is C13H13F3N2O4. The number of nitro benzene ring substituents is 1. The van der Waals surface area contributed by atoms with Gasteiger partial charge < -0.3 is 10.0 Å². The Morgan fingerprint density at radius 1 is 1.32 bits per heavy atom. The summed E-state index contributed by atoms with van der Waals surface area (Å²) < 4.78 is 37.8. The lowest BCUT2D eigenvalue weighted by Crippen LogP contribution is -2.39. The fourth-order valence-corrected chi connectivity index (χ4v) is 2.52. The lowest BCUT2D eigenvalue weighted by atomic mass is 9.95. The fraction of sp³-hybridized carbons (Fsp3) is 0.462. The maximum Gasteiger partial charge on any atom is 0.391 e. The predicted octanol–water partition coefficient (Wildman–Crippen LogP) is 3.07. The molecule has 6 nitrogen and oxygen atoms in total. The summed E-state index contributed by atoms with van der Waals surface area (Å²) in [6.07, 6.45) is -4.39. The van der Waals surface area contributed by atoms with Gasteiger partial charge in [0.15, 0.2) is 0 Å². The number of carboxylic acids is 1. The molecule has 1 saturated heterocycles. The van der Waals surface area contributed by atoms with Crippen LogP contribution in [0.3, 0.4) is 0 Å². The van der Waals surface area contributed by atoms with E-state index in [4.69, 9.17) is 5.11 Å². The third-order valence-corrected chi connectivity index (χ3v) is 3.73. The van der Waals surface area contributed by atoms with E-state index >= 15 is 0 Å². The number of aromatic carboxylic acids is 1. The molecule has 2 rings (SSSR count). The molecular weight excluding hydrogens is 305 g/mol. The SMILES string of the molecule is O=C(O)c1cc(N2CCC(C(F)(F)F)CC2)ccc1[N+](=O)[O-]. The smallest absolute Gasteiger partial charge is 0.391 e. The second-order valence-corrected chi connectivity index (χ2v) is 5.07. The number of hydrogen-bond acceptors (Lipinski definition) is 4. The second kappa shape index (κ2) is 5.82. The van der Waals surface area contributed by atoms with Crippen LogP contribution in [0.1, 0.15) is 23.2 Å². The molecule has 1 aromatic carbocycles. The van der Waals surface area contributed by atoms with Crippen molar-refractivity contribution in [3.05, 3.63) is 33.9 Å². The summed E-state index contributed by atoms with van der Waals surface area (Å²) in [5, 5.41) is 19.8. The molecule has 0 saturated carbocycles. The summed E-state index contributed by atoms with van der Waals surface area (Å²) in [6, 6.07) is 3.56. The van der Waals surface area contributed by atoms with Crippen molar-refractivity contribution >= 4 is 17.3 Å². The molecule has 1 aromatic rings. The number of anilines is 1. The van der Waals surface area contributed by atoms with Crippen molar-refractivity contribution in [2.24, 2.45) is 5.92 Å². The number of alkyl halides is 3. The maximum absolute atomic E-state index is 12.6. The zero-order valence-electron chi connectivity index (χ0n) is 11.3. The summed E-state index contributed by atoms with van der Waals surface area (Å²) in [7, 11) is 0. The average molecular weight is 318 g/mol. The molecule has 1 aliphatic rings. The van der Waals surface area contributed by atoms with Gasteiger partial charge in [-0.25, -0.2) is 4.79 Å². The van der Waals surface area contributed by atoms with E-state index in [9.17, 15) is 28.1 Å². The Morgan fingerprint density at radius 3 is 2.36 bits per heavy atom. The van der Waals surface area contributed by atoms with E-state index in [1.165, 1.54) is 6.07 Å². The summed E-state index contributed by atoms with van der Waals surface area (Å²) in [5.41, 5.74) is -0.634. The summed E-state index contributed by atoms with van der Waals surface area (Å²) in [6.45, 7) is 0.252. The van der Waals surface area contributed by atoms with E-state index in [2.05, 4.69) is 0 Å². The highest BCUT2D eigenvalue weighted by Gasteiger charge is 2.41. The number of nitro groups is 1. The van der Waals surface area contributed by atoms with Crippen LogP contribution in [0.4, 0.5) is 24.5 Å². The van der Waals surface area contributed by atoms with Crippen molar-refractivity contribution in [2.45, 2.75) is 19.0 Å². The molecule has 0 aliphatic carbocycles. The van der Waals surface area contributed by atoms with Crippen LogP contribution >= 0.6 is 0 Å². The molecule has 0 unspecified atom stereocenters. The Bertz CT molecular complexity index is 595. The van der Waals surface area contributed by atoms with Gasteiger partial charge in [-0.3, -0.25) is 10.1 Å². The van der Waals surface area contributed by atoms with Gasteiger partial charge in [-0.15, -0.1) is 0 Å². The van der Waals surface area contributed by atoms with Gasteiger partial charge in [0.05, 0.1) is 10.8 Å². The van der Waals surface area contributed by atoms with E-state index in [0.29, 0.717) is 5.69 Å². The van der Waals surface area contributed by atoms with Crippen LogP contribution in [0, 0.1) is 16.0 Å². The number of nitrogens with zero attached hydrogens (tertiary/aromatic N) is 2. The van der Waals surface area contributed by atoms with Crippen molar-refractivity contribution in [1.82, 2.24) is 0 Å². The van der Waals surface area contributed by atoms with Crippen LogP contribution in [-0.2, 0) is 0 Å². The molecule has 1 aliphatic heterocycles. The third-order valence-electron chi connectivity index (χ3n) is 3.73. The first-order valence-corrected chi connectivity index (χ1v) is 6.53. The topological polar surface area (TPSA) is 83.7 Å². The van der Waals surface area contributed by atoms with Crippen LogP contribution < -0.4 is 4.90 Å². The zero-order chi connectivity index (χ0) is 16.5. The number of halogens is 3. The number of piperidine rings is 1. The fourth-order valence-electron chi connectivity index (χ4n) is 2.52. The van der Waals surface area contributed by atoms with Crippen LogP contribution in [0.5, 0.6) is 0 Å². The second-order valence-electron chi connectivity index (χ2n) is 5.07. The molecule has 22 heavy (non-hydrogen) atoms. The number of carboxylic acid groups (broad SMARTS) is 1. The summed E-state index contributed by atoms with van der Waals surface area (Å²) in [4.78, 5) is 22.7. The van der Waals surface area contributed by atoms with Crippen molar-refractivity contribution in [3.63, 3.8) is 0 Å². The van der Waals surface area contributed by atoms with Gasteiger partial charge in [0.1, 0.15) is 5.56 Å². The first-order chi connectivity index (χ1) is 10.2. The highest BCUT2D eigenvalue weighted by atomic mass is 19.4. The molecule has 0 aromatic heterocycles. The van der Waals surface area contributed by atoms with E-state index < -0.39 is 34.2 Å². The van der Waals surface area contributed by atoms with E-state index in [-0.39, 0.29) is 25.9 Å². The normalized spacial score (nSPS) is 16.6. The highest BCUT2D eigenvalue weighted by Crippen LogP contribution is 2.36. The Morgan fingerprint density at radius 2 is 1.91 bits per heavy atom. The summed E-state index contributed by atoms with van der Waals surface area (Å²) in [5.74, 6) is -2.81. The molecule has 0 atom stereocenters. The molecule has 0 spiro atoms. The van der Waals surface area contributed by atoms with E-state index in [1.54, 1.807) is 4.90 Å². The van der Waals surface area contributed by atoms with Gasteiger partial charge in [-0.2, -0.15) is 13.2 Å². The molecule has 0 bridgehead atoms. The van der Waals surface area contributed by atoms with E-state index in [0.717, 1.165) is 12.1 Å². The Kier molecular flexibility index (Phi) is 4.25. The first-order valence-electron chi connectivity index (χ1n) is 6.53. The van der Waals surface area contributed by atoms with Gasteiger partial charge in [-0.1, -0.05) is 0 Å². The zero-order valence-corrected chi connectivity index (χ0v) is 11.3. The van der Waals surface area contributed by atoms with Crippen LogP contribution in [-0.4, -0.2) is 35.3 Å². The molecule has 0 amide bonds.